The van der Waals surface area contributed by atoms with Crippen LogP contribution in [0.25, 0.3) is 11.3 Å². The fraction of sp³-hybridized carbons (Fsp3) is 0.286. The van der Waals surface area contributed by atoms with E-state index in [-0.39, 0.29) is 39.7 Å². The summed E-state index contributed by atoms with van der Waals surface area (Å²) in [5, 5.41) is 10.7. The first-order valence-electron chi connectivity index (χ1n) is 9.48. The van der Waals surface area contributed by atoms with Gasteiger partial charge in [0.25, 0.3) is 11.8 Å². The minimum absolute atomic E-state index is 0.00879. The maximum absolute atomic E-state index is 14.4. The molecule has 3 heterocycles. The number of amides is 2. The van der Waals surface area contributed by atoms with Crippen molar-refractivity contribution in [2.24, 2.45) is 0 Å². The van der Waals surface area contributed by atoms with Crippen LogP contribution in [0.1, 0.15) is 39.3 Å². The Morgan fingerprint density at radius 3 is 2.73 bits per heavy atom. The predicted molar refractivity (Wildman–Crippen MR) is 112 cm³/mol. The van der Waals surface area contributed by atoms with Gasteiger partial charge >= 0.3 is 0 Å². The minimum Gasteiger partial charge on any atom is -0.360 e. The van der Waals surface area contributed by atoms with Crippen molar-refractivity contribution in [2.75, 3.05) is 13.1 Å². The zero-order chi connectivity index (χ0) is 21.3. The Kier molecular flexibility index (Phi) is 5.87. The van der Waals surface area contributed by atoms with Crippen LogP contribution < -0.4 is 5.32 Å². The Bertz CT molecular complexity index is 1060. The Morgan fingerprint density at radius 2 is 2.07 bits per heavy atom. The molecule has 1 N–H and O–H groups in total. The smallest absolute Gasteiger partial charge is 0.259 e. The molecule has 0 spiro atoms. The predicted octanol–water partition coefficient (Wildman–Crippen LogP) is 4.54. The molecule has 1 aliphatic rings. The van der Waals surface area contributed by atoms with Crippen LogP contribution in [-0.4, -0.2) is 41.0 Å². The fourth-order valence-electron chi connectivity index (χ4n) is 3.57. The molecule has 4 rings (SSSR count). The molecule has 3 aromatic rings. The second-order valence-electron chi connectivity index (χ2n) is 7.11. The standard InChI is InChI=1S/C21H19ClFN3O3S/c1-12-17(19(25-29-12)18-15(22)3-2-4-16(18)23)21(28)26-8-5-14(6-9-26)24-20(27)13-7-10-30-11-13/h2-4,7,10-11,14H,5-6,8-9H2,1H3,(H,24,27). The maximum atomic E-state index is 14.4. The van der Waals surface area contributed by atoms with E-state index in [9.17, 15) is 14.0 Å². The van der Waals surface area contributed by atoms with E-state index in [4.69, 9.17) is 16.1 Å². The number of benzene rings is 1. The lowest BCUT2D eigenvalue weighted by Crippen LogP contribution is -2.46. The molecule has 0 saturated carbocycles. The van der Waals surface area contributed by atoms with Crippen molar-refractivity contribution in [1.82, 2.24) is 15.4 Å². The summed E-state index contributed by atoms with van der Waals surface area (Å²) in [7, 11) is 0. The van der Waals surface area contributed by atoms with E-state index >= 15 is 0 Å². The van der Waals surface area contributed by atoms with E-state index in [1.165, 1.54) is 23.5 Å². The molecule has 30 heavy (non-hydrogen) atoms. The number of carbonyl (C=O) groups excluding carboxylic acids is 2. The van der Waals surface area contributed by atoms with Crippen LogP contribution in [0, 0.1) is 12.7 Å². The Balaban J connectivity index is 1.48. The van der Waals surface area contributed by atoms with Gasteiger partial charge in [0.1, 0.15) is 22.8 Å². The van der Waals surface area contributed by atoms with Crippen molar-refractivity contribution in [2.45, 2.75) is 25.8 Å². The second-order valence-corrected chi connectivity index (χ2v) is 8.30. The maximum Gasteiger partial charge on any atom is 0.259 e. The van der Waals surface area contributed by atoms with Crippen LogP contribution in [0.4, 0.5) is 4.39 Å². The van der Waals surface area contributed by atoms with E-state index in [2.05, 4.69) is 10.5 Å². The summed E-state index contributed by atoms with van der Waals surface area (Å²) < 4.78 is 19.6. The minimum atomic E-state index is -0.570. The number of hydrogen-bond donors (Lipinski definition) is 1. The molecule has 1 aromatic carbocycles. The molecule has 6 nitrogen and oxygen atoms in total. The number of likely N-dealkylation sites (tertiary alicyclic amines) is 1. The topological polar surface area (TPSA) is 75.4 Å². The Labute approximate surface area is 181 Å². The van der Waals surface area contributed by atoms with Gasteiger partial charge in [0, 0.05) is 30.1 Å². The summed E-state index contributed by atoms with van der Waals surface area (Å²) in [6.45, 7) is 2.54. The third-order valence-electron chi connectivity index (χ3n) is 5.18. The van der Waals surface area contributed by atoms with Gasteiger partial charge in [0.05, 0.1) is 10.6 Å². The highest BCUT2D eigenvalue weighted by Crippen LogP contribution is 2.34. The molecule has 1 saturated heterocycles. The van der Waals surface area contributed by atoms with Gasteiger partial charge in [0.2, 0.25) is 0 Å². The third kappa shape index (κ3) is 3.97. The van der Waals surface area contributed by atoms with Crippen LogP contribution in [0.3, 0.4) is 0 Å². The first-order chi connectivity index (χ1) is 14.5. The molecule has 0 unspecified atom stereocenters. The lowest BCUT2D eigenvalue weighted by atomic mass is 10.0. The van der Waals surface area contributed by atoms with Crippen molar-refractivity contribution in [3.05, 3.63) is 62.8 Å². The lowest BCUT2D eigenvalue weighted by molar-refractivity contribution is 0.0697. The highest BCUT2D eigenvalue weighted by molar-refractivity contribution is 7.08. The van der Waals surface area contributed by atoms with Gasteiger partial charge in [-0.1, -0.05) is 22.8 Å². The van der Waals surface area contributed by atoms with Gasteiger partial charge in [-0.25, -0.2) is 4.39 Å². The van der Waals surface area contributed by atoms with Gasteiger partial charge < -0.3 is 14.7 Å². The summed E-state index contributed by atoms with van der Waals surface area (Å²) in [5.74, 6) is -0.653. The van der Waals surface area contributed by atoms with Crippen LogP contribution in [0.15, 0.2) is 39.5 Å². The lowest BCUT2D eigenvalue weighted by Gasteiger charge is -2.32. The number of aromatic nitrogens is 1. The number of carbonyl (C=O) groups is 2. The normalized spacial score (nSPS) is 14.7. The van der Waals surface area contributed by atoms with Gasteiger partial charge in [-0.2, -0.15) is 11.3 Å². The number of nitrogens with one attached hydrogen (secondary N) is 1. The van der Waals surface area contributed by atoms with Gasteiger partial charge in [-0.05, 0) is 43.3 Å². The average molecular weight is 448 g/mol. The quantitative estimate of drug-likeness (QED) is 0.637. The number of nitrogens with zero attached hydrogens (tertiary/aromatic N) is 2. The highest BCUT2D eigenvalue weighted by Gasteiger charge is 2.31. The van der Waals surface area contributed by atoms with E-state index in [0.717, 1.165) is 0 Å². The molecule has 1 fully saturated rings. The third-order valence-corrected chi connectivity index (χ3v) is 6.18. The molecule has 0 aliphatic carbocycles. The molecule has 156 valence electrons. The number of rotatable bonds is 4. The number of piperidine rings is 1. The zero-order valence-electron chi connectivity index (χ0n) is 16.2. The number of thiophene rings is 1. The SMILES string of the molecule is Cc1onc(-c2c(F)cccc2Cl)c1C(=O)N1CCC(NC(=O)c2ccsc2)CC1. The fourth-order valence-corrected chi connectivity index (χ4v) is 4.45. The molecule has 9 heteroatoms. The van der Waals surface area contributed by atoms with Gasteiger partial charge in [-0.3, -0.25) is 9.59 Å². The van der Waals surface area contributed by atoms with E-state index in [1.807, 2.05) is 5.38 Å². The highest BCUT2D eigenvalue weighted by atomic mass is 35.5. The first kappa shape index (κ1) is 20.6. The summed E-state index contributed by atoms with van der Waals surface area (Å²) in [6, 6.07) is 6.07. The molecular formula is C21H19ClFN3O3S. The molecule has 0 radical (unpaired) electrons. The van der Waals surface area contributed by atoms with Gasteiger partial charge in [-0.15, -0.1) is 0 Å². The monoisotopic (exact) mass is 447 g/mol. The largest absolute Gasteiger partial charge is 0.360 e. The zero-order valence-corrected chi connectivity index (χ0v) is 17.7. The number of hydrogen-bond acceptors (Lipinski definition) is 5. The van der Waals surface area contributed by atoms with E-state index < -0.39 is 5.82 Å². The summed E-state index contributed by atoms with van der Waals surface area (Å²) >= 11 is 7.63. The molecule has 0 bridgehead atoms. The molecule has 2 aromatic heterocycles. The van der Waals surface area contributed by atoms with Crippen LogP contribution >= 0.6 is 22.9 Å². The summed E-state index contributed by atoms with van der Waals surface area (Å²) in [6.07, 6.45) is 1.25. The molecular weight excluding hydrogens is 429 g/mol. The van der Waals surface area contributed by atoms with Crippen molar-refractivity contribution in [3.63, 3.8) is 0 Å². The van der Waals surface area contributed by atoms with Crippen molar-refractivity contribution < 1.29 is 18.5 Å². The van der Waals surface area contributed by atoms with Crippen molar-refractivity contribution in [1.29, 1.82) is 0 Å². The number of aryl methyl sites for hydroxylation is 1. The summed E-state index contributed by atoms with van der Waals surface area (Å²) in [4.78, 5) is 27.1. The molecule has 0 atom stereocenters. The van der Waals surface area contributed by atoms with Crippen LogP contribution in [0.5, 0.6) is 0 Å². The van der Waals surface area contributed by atoms with Crippen molar-refractivity contribution in [3.8, 4) is 11.3 Å². The summed E-state index contributed by atoms with van der Waals surface area (Å²) in [5.41, 5.74) is 1.01. The van der Waals surface area contributed by atoms with E-state index in [1.54, 1.807) is 29.3 Å². The average Bonchev–Trinajstić information content (AvgIpc) is 3.38. The van der Waals surface area contributed by atoms with Crippen LogP contribution in [-0.2, 0) is 0 Å². The molecule has 2 amide bonds. The molecule has 1 aliphatic heterocycles. The van der Waals surface area contributed by atoms with E-state index in [0.29, 0.717) is 37.3 Å². The Morgan fingerprint density at radius 1 is 1.30 bits per heavy atom. The number of halogens is 2. The van der Waals surface area contributed by atoms with Gasteiger partial charge in [0.15, 0.2) is 0 Å². The van der Waals surface area contributed by atoms with Crippen molar-refractivity contribution >= 4 is 34.8 Å². The second kappa shape index (κ2) is 8.57. The van der Waals surface area contributed by atoms with Crippen LogP contribution in [0.2, 0.25) is 5.02 Å². The Hall–Kier alpha value is -2.71. The first-order valence-corrected chi connectivity index (χ1v) is 10.8.